The number of rotatable bonds is 5. The summed E-state index contributed by atoms with van der Waals surface area (Å²) in [5.41, 5.74) is 2.73. The Morgan fingerprint density at radius 2 is 1.79 bits per heavy atom. The Morgan fingerprint density at radius 3 is 2.48 bits per heavy atom. The third-order valence-corrected chi connectivity index (χ3v) is 5.03. The van der Waals surface area contributed by atoms with Crippen LogP contribution in [0.4, 0.5) is 0 Å². The monoisotopic (exact) mass is 392 g/mol. The molecule has 0 unspecified atom stereocenters. The number of hydrogen-bond donors (Lipinski definition) is 1. The molecule has 150 valence electrons. The van der Waals surface area contributed by atoms with Crippen molar-refractivity contribution < 1.29 is 14.3 Å². The van der Waals surface area contributed by atoms with Crippen molar-refractivity contribution in [1.29, 1.82) is 0 Å². The Balaban J connectivity index is 1.85. The number of aromatic nitrogens is 2. The van der Waals surface area contributed by atoms with Crippen LogP contribution in [0, 0.1) is 0 Å². The van der Waals surface area contributed by atoms with Gasteiger partial charge in [-0.1, -0.05) is 18.2 Å². The minimum absolute atomic E-state index is 0.0337. The first kappa shape index (κ1) is 19.0. The highest BCUT2D eigenvalue weighted by molar-refractivity contribution is 6.00. The molecule has 0 saturated carbocycles. The first-order chi connectivity index (χ1) is 14.2. The molecular formula is C22H24N4O3. The van der Waals surface area contributed by atoms with E-state index < -0.39 is 0 Å². The van der Waals surface area contributed by atoms with Gasteiger partial charge in [0, 0.05) is 37.9 Å². The Labute approximate surface area is 169 Å². The van der Waals surface area contributed by atoms with E-state index >= 15 is 0 Å². The summed E-state index contributed by atoms with van der Waals surface area (Å²) < 4.78 is 12.7. The lowest BCUT2D eigenvalue weighted by atomic mass is 10.1. The molecular weight excluding hydrogens is 368 g/mol. The van der Waals surface area contributed by atoms with Crippen LogP contribution in [0.2, 0.25) is 0 Å². The molecule has 3 aromatic rings. The van der Waals surface area contributed by atoms with Gasteiger partial charge in [-0.15, -0.1) is 0 Å². The van der Waals surface area contributed by atoms with Crippen molar-refractivity contribution in [2.24, 2.45) is 0 Å². The molecule has 29 heavy (non-hydrogen) atoms. The second-order valence-corrected chi connectivity index (χ2v) is 6.78. The molecule has 1 saturated heterocycles. The number of benzene rings is 2. The Morgan fingerprint density at radius 1 is 1.03 bits per heavy atom. The van der Waals surface area contributed by atoms with Gasteiger partial charge in [-0.25, -0.2) is 4.68 Å². The van der Waals surface area contributed by atoms with Crippen LogP contribution in [-0.4, -0.2) is 61.0 Å². The van der Waals surface area contributed by atoms with Gasteiger partial charge in [0.1, 0.15) is 17.2 Å². The predicted molar refractivity (Wildman–Crippen MR) is 111 cm³/mol. The fourth-order valence-electron chi connectivity index (χ4n) is 3.48. The van der Waals surface area contributed by atoms with Crippen LogP contribution in [0.15, 0.2) is 54.7 Å². The molecule has 7 heteroatoms. The van der Waals surface area contributed by atoms with E-state index in [1.54, 1.807) is 25.1 Å². The highest BCUT2D eigenvalue weighted by Crippen LogP contribution is 2.35. The second kappa shape index (κ2) is 8.36. The van der Waals surface area contributed by atoms with Crippen molar-refractivity contribution in [2.75, 3.05) is 40.4 Å². The lowest BCUT2D eigenvalue weighted by molar-refractivity contribution is 0.0736. The maximum Gasteiger partial charge on any atom is 0.257 e. The summed E-state index contributed by atoms with van der Waals surface area (Å²) in [5.74, 6) is 1.28. The van der Waals surface area contributed by atoms with Gasteiger partial charge in [0.05, 0.1) is 25.5 Å². The van der Waals surface area contributed by atoms with E-state index in [1.165, 1.54) is 0 Å². The van der Waals surface area contributed by atoms with E-state index in [2.05, 4.69) is 5.32 Å². The summed E-state index contributed by atoms with van der Waals surface area (Å²) in [6, 6.07) is 15.3. The van der Waals surface area contributed by atoms with E-state index in [0.717, 1.165) is 24.3 Å². The van der Waals surface area contributed by atoms with Crippen LogP contribution in [0.25, 0.3) is 16.9 Å². The molecule has 1 fully saturated rings. The number of nitrogens with one attached hydrogen (secondary N) is 1. The van der Waals surface area contributed by atoms with Gasteiger partial charge < -0.3 is 19.7 Å². The summed E-state index contributed by atoms with van der Waals surface area (Å²) in [7, 11) is 3.22. The number of amides is 1. The van der Waals surface area contributed by atoms with Gasteiger partial charge >= 0.3 is 0 Å². The summed E-state index contributed by atoms with van der Waals surface area (Å²) >= 11 is 0. The number of piperazine rings is 1. The number of methoxy groups -OCH3 is 2. The molecule has 0 spiro atoms. The molecule has 0 atom stereocenters. The first-order valence-electron chi connectivity index (χ1n) is 9.58. The van der Waals surface area contributed by atoms with Gasteiger partial charge in [-0.05, 0) is 30.3 Å². The van der Waals surface area contributed by atoms with E-state index in [1.807, 2.05) is 53.4 Å². The minimum Gasteiger partial charge on any atom is -0.497 e. The van der Waals surface area contributed by atoms with E-state index in [4.69, 9.17) is 14.6 Å². The third kappa shape index (κ3) is 3.82. The lowest BCUT2D eigenvalue weighted by Crippen LogP contribution is -2.46. The fraction of sp³-hybridized carbons (Fsp3) is 0.273. The number of para-hydroxylation sites is 1. The van der Waals surface area contributed by atoms with Crippen LogP contribution in [0.5, 0.6) is 11.5 Å². The quantitative estimate of drug-likeness (QED) is 0.723. The zero-order valence-electron chi connectivity index (χ0n) is 16.6. The average molecular weight is 392 g/mol. The van der Waals surface area contributed by atoms with Gasteiger partial charge in [-0.3, -0.25) is 4.79 Å². The zero-order chi connectivity index (χ0) is 20.2. The van der Waals surface area contributed by atoms with Crippen molar-refractivity contribution in [3.05, 3.63) is 60.3 Å². The van der Waals surface area contributed by atoms with E-state index in [9.17, 15) is 4.79 Å². The average Bonchev–Trinajstić information content (AvgIpc) is 3.24. The summed E-state index contributed by atoms with van der Waals surface area (Å²) in [5, 5.41) is 8.05. The number of nitrogens with zero attached hydrogens (tertiary/aromatic N) is 3. The predicted octanol–water partition coefficient (Wildman–Crippen LogP) is 2.60. The second-order valence-electron chi connectivity index (χ2n) is 6.78. The summed E-state index contributed by atoms with van der Waals surface area (Å²) in [4.78, 5) is 15.2. The summed E-state index contributed by atoms with van der Waals surface area (Å²) in [6.45, 7) is 2.92. The normalized spacial score (nSPS) is 13.9. The first-order valence-corrected chi connectivity index (χ1v) is 9.58. The molecule has 0 bridgehead atoms. The van der Waals surface area contributed by atoms with Crippen LogP contribution < -0.4 is 14.8 Å². The standard InChI is InChI=1S/C22H24N4O3/c1-28-17-8-9-20(29-2)18(14-17)21-19(22(27)25-12-10-23-11-13-25)15-26(24-21)16-6-4-3-5-7-16/h3-9,14-15,23H,10-13H2,1-2H3. The van der Waals surface area contributed by atoms with Crippen molar-refractivity contribution >= 4 is 5.91 Å². The Hall–Kier alpha value is -3.32. The number of carbonyl (C=O) groups excluding carboxylic acids is 1. The van der Waals surface area contributed by atoms with E-state index in [0.29, 0.717) is 35.8 Å². The Kier molecular flexibility index (Phi) is 5.48. The molecule has 4 rings (SSSR count). The third-order valence-electron chi connectivity index (χ3n) is 5.03. The molecule has 7 nitrogen and oxygen atoms in total. The van der Waals surface area contributed by atoms with Crippen molar-refractivity contribution in [2.45, 2.75) is 0 Å². The van der Waals surface area contributed by atoms with Crippen LogP contribution in [0.3, 0.4) is 0 Å². The number of hydrogen-bond acceptors (Lipinski definition) is 5. The van der Waals surface area contributed by atoms with E-state index in [-0.39, 0.29) is 5.91 Å². The SMILES string of the molecule is COc1ccc(OC)c(-c2nn(-c3ccccc3)cc2C(=O)N2CCNCC2)c1. The molecule has 1 amide bonds. The minimum atomic E-state index is -0.0337. The number of ether oxygens (including phenoxy) is 2. The van der Waals surface area contributed by atoms with Crippen LogP contribution >= 0.6 is 0 Å². The smallest absolute Gasteiger partial charge is 0.257 e. The molecule has 1 aliphatic heterocycles. The molecule has 1 aromatic heterocycles. The number of carbonyl (C=O) groups is 1. The van der Waals surface area contributed by atoms with Crippen molar-refractivity contribution in [1.82, 2.24) is 20.0 Å². The maximum atomic E-state index is 13.4. The highest BCUT2D eigenvalue weighted by Gasteiger charge is 2.26. The van der Waals surface area contributed by atoms with Gasteiger partial charge in [0.25, 0.3) is 5.91 Å². The molecule has 1 N–H and O–H groups in total. The van der Waals surface area contributed by atoms with Gasteiger partial charge in [-0.2, -0.15) is 5.10 Å². The van der Waals surface area contributed by atoms with Crippen LogP contribution in [-0.2, 0) is 0 Å². The highest BCUT2D eigenvalue weighted by atomic mass is 16.5. The summed E-state index contributed by atoms with van der Waals surface area (Å²) in [6.07, 6.45) is 1.80. The van der Waals surface area contributed by atoms with Gasteiger partial charge in [0.2, 0.25) is 0 Å². The zero-order valence-corrected chi connectivity index (χ0v) is 16.6. The van der Waals surface area contributed by atoms with Gasteiger partial charge in [0.15, 0.2) is 0 Å². The molecule has 2 aromatic carbocycles. The van der Waals surface area contributed by atoms with Crippen LogP contribution in [0.1, 0.15) is 10.4 Å². The maximum absolute atomic E-state index is 13.4. The molecule has 2 heterocycles. The Bertz CT molecular complexity index is 995. The molecule has 0 aliphatic carbocycles. The van der Waals surface area contributed by atoms with Crippen molar-refractivity contribution in [3.8, 4) is 28.4 Å². The largest absolute Gasteiger partial charge is 0.497 e. The molecule has 1 aliphatic rings. The molecule has 0 radical (unpaired) electrons. The van der Waals surface area contributed by atoms with Crippen molar-refractivity contribution in [3.63, 3.8) is 0 Å². The fourth-order valence-corrected chi connectivity index (χ4v) is 3.48. The lowest BCUT2D eigenvalue weighted by Gasteiger charge is -2.27. The topological polar surface area (TPSA) is 68.6 Å².